The van der Waals surface area contributed by atoms with Gasteiger partial charge in [0.2, 0.25) is 29.5 Å². The molecule has 4 heterocycles. The third-order valence-corrected chi connectivity index (χ3v) is 9.59. The van der Waals surface area contributed by atoms with Crippen molar-refractivity contribution in [3.63, 3.8) is 0 Å². The number of aliphatic imine (C=N–C) groups is 1. The number of methoxy groups -OCH3 is 1. The van der Waals surface area contributed by atoms with Gasteiger partial charge < -0.3 is 62.4 Å². The number of nitrogens with one attached hydrogen (secondary N) is 3. The maximum Gasteiger partial charge on any atom is 0.407 e. The SMILES string of the molecule is COC(=O)[C@H](CCCN=C(N)N)NC(=O)CCCNC(=O)CN(C(=O)CN(CCNC(=O)OCc1ccccc1)C(=O)Cn1cnc2c(N)ncnc21)C(=O)Cn1cnc2c(N)ncnc21. The summed E-state index contributed by atoms with van der Waals surface area (Å²) < 4.78 is 12.7. The fourth-order valence-electron chi connectivity index (χ4n) is 6.27. The fourth-order valence-corrected chi connectivity index (χ4v) is 6.27. The third-order valence-electron chi connectivity index (χ3n) is 9.59. The Morgan fingerprint density at radius 3 is 2.02 bits per heavy atom. The van der Waals surface area contributed by atoms with Gasteiger partial charge in [0, 0.05) is 32.6 Å². The van der Waals surface area contributed by atoms with Crippen LogP contribution in [0.1, 0.15) is 31.2 Å². The van der Waals surface area contributed by atoms with Crippen molar-refractivity contribution in [1.29, 1.82) is 0 Å². The van der Waals surface area contributed by atoms with Crippen LogP contribution in [0.15, 0.2) is 60.6 Å². The second-order valence-electron chi connectivity index (χ2n) is 14.3. The van der Waals surface area contributed by atoms with Gasteiger partial charge in [-0.2, -0.15) is 0 Å². The first-order valence-electron chi connectivity index (χ1n) is 20.3. The summed E-state index contributed by atoms with van der Waals surface area (Å²) in [5, 5.41) is 7.73. The highest BCUT2D eigenvalue weighted by Crippen LogP contribution is 2.16. The zero-order chi connectivity index (χ0) is 47.6. The van der Waals surface area contributed by atoms with E-state index in [0.717, 1.165) is 10.5 Å². The van der Waals surface area contributed by atoms with E-state index in [-0.39, 0.29) is 92.0 Å². The summed E-state index contributed by atoms with van der Waals surface area (Å²) in [5.41, 5.74) is 24.1. The lowest BCUT2D eigenvalue weighted by atomic mass is 10.1. The molecule has 5 rings (SSSR count). The van der Waals surface area contributed by atoms with Gasteiger partial charge in [-0.1, -0.05) is 30.3 Å². The molecule has 27 heteroatoms. The first-order valence-corrected chi connectivity index (χ1v) is 20.3. The number of alkyl carbamates (subject to hydrolysis) is 1. The van der Waals surface area contributed by atoms with E-state index in [4.69, 9.17) is 32.4 Å². The number of imidazole rings is 2. The second-order valence-corrected chi connectivity index (χ2v) is 14.3. The monoisotopic (exact) mass is 914 g/mol. The smallest absolute Gasteiger partial charge is 0.407 e. The highest BCUT2D eigenvalue weighted by atomic mass is 16.5. The van der Waals surface area contributed by atoms with Crippen molar-refractivity contribution in [2.75, 3.05) is 57.8 Å². The molecule has 0 aliphatic rings. The van der Waals surface area contributed by atoms with Crippen LogP contribution >= 0.6 is 0 Å². The number of hydrogen-bond acceptors (Lipinski definition) is 18. The van der Waals surface area contributed by atoms with Gasteiger partial charge in [0.05, 0.1) is 19.8 Å². The number of anilines is 2. The molecule has 5 aromatic rings. The largest absolute Gasteiger partial charge is 0.467 e. The number of guanidine groups is 1. The van der Waals surface area contributed by atoms with Crippen molar-refractivity contribution < 1.29 is 43.0 Å². The fraction of sp³-hybridized carbons (Fsp3) is 0.385. The van der Waals surface area contributed by atoms with Crippen LogP contribution in [0.3, 0.4) is 0 Å². The lowest BCUT2D eigenvalue weighted by molar-refractivity contribution is -0.151. The van der Waals surface area contributed by atoms with Crippen LogP contribution in [-0.4, -0.2) is 149 Å². The standard InChI is InChI=1S/C39H50N18O9/c1-65-37(63)25(9-5-12-45-38(42)43)53-26(58)10-6-11-44-27(59)15-57(30(62)18-56-23-52-32-34(41)48-21-50-36(32)56)29(61)17-54(14-13-46-39(64)66-19-24-7-3-2-4-8-24)28(60)16-55-22-51-31-33(40)47-20-49-35(31)55/h2-4,7-8,20-23,25H,5-6,9-19H2,1H3,(H,44,59)(H,46,64)(H,53,58)(H2,40,47,49)(H2,41,48,50)(H4,42,43,45)/t25-/m0/s1. The first-order chi connectivity index (χ1) is 31.7. The van der Waals surface area contributed by atoms with Gasteiger partial charge in [0.15, 0.2) is 28.9 Å². The van der Waals surface area contributed by atoms with Crippen LogP contribution in [0.4, 0.5) is 16.4 Å². The number of amides is 6. The Labute approximate surface area is 375 Å². The summed E-state index contributed by atoms with van der Waals surface area (Å²) in [7, 11) is 1.18. The molecule has 0 aliphatic heterocycles. The predicted molar refractivity (Wildman–Crippen MR) is 234 cm³/mol. The molecule has 66 heavy (non-hydrogen) atoms. The number of carbonyl (C=O) groups is 7. The zero-order valence-electron chi connectivity index (χ0n) is 35.9. The van der Waals surface area contributed by atoms with Gasteiger partial charge in [-0.15, -0.1) is 0 Å². The lowest BCUT2D eigenvalue weighted by Gasteiger charge is -2.27. The van der Waals surface area contributed by atoms with E-state index in [1.54, 1.807) is 24.3 Å². The molecule has 1 atom stereocenters. The summed E-state index contributed by atoms with van der Waals surface area (Å²) in [4.78, 5) is 123. The van der Waals surface area contributed by atoms with Crippen LogP contribution in [0, 0.1) is 0 Å². The molecule has 11 N–H and O–H groups in total. The predicted octanol–water partition coefficient (Wildman–Crippen LogP) is -2.45. The number of esters is 1. The Hall–Kier alpha value is -8.52. The van der Waals surface area contributed by atoms with E-state index in [1.165, 1.54) is 41.6 Å². The van der Waals surface area contributed by atoms with Crippen LogP contribution in [0.2, 0.25) is 0 Å². The van der Waals surface area contributed by atoms with Gasteiger partial charge in [-0.3, -0.25) is 33.9 Å². The topological polar surface area (TPSA) is 384 Å². The van der Waals surface area contributed by atoms with Gasteiger partial charge >= 0.3 is 12.1 Å². The zero-order valence-corrected chi connectivity index (χ0v) is 35.9. The second kappa shape index (κ2) is 23.8. The van der Waals surface area contributed by atoms with Gasteiger partial charge in [-0.05, 0) is 24.8 Å². The van der Waals surface area contributed by atoms with Crippen LogP contribution in [0.5, 0.6) is 0 Å². The van der Waals surface area contributed by atoms with Crippen molar-refractivity contribution in [1.82, 2.24) is 64.8 Å². The maximum atomic E-state index is 14.2. The van der Waals surface area contributed by atoms with E-state index >= 15 is 0 Å². The highest BCUT2D eigenvalue weighted by Gasteiger charge is 2.29. The Morgan fingerprint density at radius 2 is 1.39 bits per heavy atom. The van der Waals surface area contributed by atoms with Gasteiger partial charge in [0.1, 0.15) is 62.5 Å². The Balaban J connectivity index is 1.28. The number of imide groups is 1. The average Bonchev–Trinajstić information content (AvgIpc) is 3.91. The van der Waals surface area contributed by atoms with Crippen molar-refractivity contribution in [2.45, 2.75) is 51.4 Å². The third kappa shape index (κ3) is 14.0. The minimum absolute atomic E-state index is 0.0255. The normalized spacial score (nSPS) is 11.3. The number of nitrogen functional groups attached to an aromatic ring is 2. The molecule has 0 bridgehead atoms. The minimum atomic E-state index is -0.969. The molecule has 0 unspecified atom stereocenters. The van der Waals surface area contributed by atoms with E-state index < -0.39 is 73.8 Å². The number of benzene rings is 1. The summed E-state index contributed by atoms with van der Waals surface area (Å²) >= 11 is 0. The van der Waals surface area contributed by atoms with Crippen molar-refractivity contribution in [3.8, 4) is 0 Å². The molecular weight excluding hydrogens is 865 g/mol. The van der Waals surface area contributed by atoms with E-state index in [2.05, 4.69) is 50.8 Å². The van der Waals surface area contributed by atoms with Crippen LogP contribution in [0.25, 0.3) is 22.3 Å². The quantitative estimate of drug-likeness (QED) is 0.0155. The Bertz CT molecular complexity index is 2540. The van der Waals surface area contributed by atoms with Crippen LogP contribution < -0.4 is 38.9 Å². The highest BCUT2D eigenvalue weighted by molar-refractivity contribution is 6.01. The maximum absolute atomic E-state index is 14.2. The average molecular weight is 915 g/mol. The van der Waals surface area contributed by atoms with E-state index in [9.17, 15) is 33.6 Å². The number of nitrogens with zero attached hydrogens (tertiary/aromatic N) is 11. The molecule has 350 valence electrons. The van der Waals surface area contributed by atoms with E-state index in [1.807, 2.05) is 6.07 Å². The molecule has 0 fully saturated rings. The number of nitrogens with two attached hydrogens (primary N) is 4. The number of hydrogen-bond donors (Lipinski definition) is 7. The molecule has 4 aromatic heterocycles. The molecule has 0 radical (unpaired) electrons. The molecule has 0 spiro atoms. The van der Waals surface area contributed by atoms with Crippen LogP contribution in [-0.2, 0) is 57.9 Å². The number of aromatic nitrogens is 8. The molecule has 0 saturated heterocycles. The number of fused-ring (bicyclic) bond motifs is 2. The molecule has 6 amide bonds. The van der Waals surface area contributed by atoms with Gasteiger partial charge in [-0.25, -0.2) is 39.5 Å². The molecular formula is C39H50N18O9. The Morgan fingerprint density at radius 1 is 0.758 bits per heavy atom. The minimum Gasteiger partial charge on any atom is -0.467 e. The summed E-state index contributed by atoms with van der Waals surface area (Å²) in [6.07, 6.45) is 4.71. The number of carbonyl (C=O) groups excluding carboxylic acids is 7. The van der Waals surface area contributed by atoms with Crippen molar-refractivity contribution in [3.05, 3.63) is 61.2 Å². The molecule has 0 saturated carbocycles. The lowest BCUT2D eigenvalue weighted by Crippen LogP contribution is -2.51. The molecule has 1 aromatic carbocycles. The van der Waals surface area contributed by atoms with Crippen molar-refractivity contribution in [2.24, 2.45) is 16.5 Å². The van der Waals surface area contributed by atoms with Crippen molar-refractivity contribution >= 4 is 81.5 Å². The van der Waals surface area contributed by atoms with E-state index in [0.29, 0.717) is 11.3 Å². The summed E-state index contributed by atoms with van der Waals surface area (Å²) in [6.45, 7) is -2.78. The Kier molecular flexibility index (Phi) is 17.5. The summed E-state index contributed by atoms with van der Waals surface area (Å²) in [5.74, 6) is -4.46. The van der Waals surface area contributed by atoms with Gasteiger partial charge in [0.25, 0.3) is 0 Å². The first kappa shape index (κ1) is 48.5. The number of ether oxygens (including phenoxy) is 2. The molecule has 0 aliphatic carbocycles. The number of rotatable bonds is 23. The molecule has 27 nitrogen and oxygen atoms in total. The summed E-state index contributed by atoms with van der Waals surface area (Å²) in [6, 6.07) is 7.97.